The molecule has 98 valence electrons. The zero-order chi connectivity index (χ0) is 13.7. The second-order valence-corrected chi connectivity index (χ2v) is 3.87. The third-order valence-corrected chi connectivity index (χ3v) is 2.60. The lowest BCUT2D eigenvalue weighted by Crippen LogP contribution is -1.98. The van der Waals surface area contributed by atoms with Gasteiger partial charge in [-0.25, -0.2) is 0 Å². The fourth-order valence-electron chi connectivity index (χ4n) is 1.62. The van der Waals surface area contributed by atoms with Crippen molar-refractivity contribution in [1.82, 2.24) is 0 Å². The second kappa shape index (κ2) is 5.86. The Morgan fingerprint density at radius 2 is 1.84 bits per heavy atom. The predicted octanol–water partition coefficient (Wildman–Crippen LogP) is 3.18. The first-order chi connectivity index (χ1) is 9.20. The minimum absolute atomic E-state index is 0.0242. The van der Waals surface area contributed by atoms with E-state index in [1.165, 1.54) is 19.2 Å². The molecule has 0 aliphatic heterocycles. The normalized spacial score (nSPS) is 9.95. The molecule has 0 N–H and O–H groups in total. The lowest BCUT2D eigenvalue weighted by Gasteiger charge is -2.10. The number of methoxy groups -OCH3 is 1. The van der Waals surface area contributed by atoms with Crippen molar-refractivity contribution in [2.75, 3.05) is 7.11 Å². The molecule has 5 nitrogen and oxygen atoms in total. The van der Waals surface area contributed by atoms with E-state index in [2.05, 4.69) is 0 Å². The van der Waals surface area contributed by atoms with E-state index in [1.807, 2.05) is 30.3 Å². The van der Waals surface area contributed by atoms with Crippen LogP contribution in [0.15, 0.2) is 48.5 Å². The van der Waals surface area contributed by atoms with E-state index in [1.54, 1.807) is 6.07 Å². The van der Waals surface area contributed by atoms with Gasteiger partial charge < -0.3 is 9.47 Å². The molecular formula is C14H13NO4. The largest absolute Gasteiger partial charge is 0.493 e. The van der Waals surface area contributed by atoms with Crippen molar-refractivity contribution in [3.63, 3.8) is 0 Å². The summed E-state index contributed by atoms with van der Waals surface area (Å²) in [5, 5.41) is 10.7. The molecule has 2 rings (SSSR count). The van der Waals surface area contributed by atoms with E-state index in [0.717, 1.165) is 5.56 Å². The number of rotatable bonds is 5. The van der Waals surface area contributed by atoms with Crippen LogP contribution in [0.5, 0.6) is 11.5 Å². The van der Waals surface area contributed by atoms with Gasteiger partial charge >= 0.3 is 0 Å². The summed E-state index contributed by atoms with van der Waals surface area (Å²) in [6.07, 6.45) is 0. The Morgan fingerprint density at radius 1 is 1.11 bits per heavy atom. The van der Waals surface area contributed by atoms with Crippen LogP contribution in [0.4, 0.5) is 5.69 Å². The summed E-state index contributed by atoms with van der Waals surface area (Å²) in [6, 6.07) is 13.9. The molecule has 0 amide bonds. The fraction of sp³-hybridized carbons (Fsp3) is 0.143. The molecule has 0 saturated carbocycles. The molecule has 5 heteroatoms. The van der Waals surface area contributed by atoms with Gasteiger partial charge in [-0.3, -0.25) is 10.1 Å². The molecule has 2 aromatic carbocycles. The minimum Gasteiger partial charge on any atom is -0.493 e. The van der Waals surface area contributed by atoms with Crippen molar-refractivity contribution in [3.8, 4) is 11.5 Å². The van der Waals surface area contributed by atoms with E-state index in [0.29, 0.717) is 18.1 Å². The number of hydrogen-bond donors (Lipinski definition) is 0. The van der Waals surface area contributed by atoms with Crippen LogP contribution in [-0.4, -0.2) is 12.0 Å². The van der Waals surface area contributed by atoms with Gasteiger partial charge in [-0.2, -0.15) is 0 Å². The Kier molecular flexibility index (Phi) is 3.97. The highest BCUT2D eigenvalue weighted by atomic mass is 16.6. The summed E-state index contributed by atoms with van der Waals surface area (Å²) in [4.78, 5) is 10.2. The molecule has 0 heterocycles. The maximum absolute atomic E-state index is 10.7. The first kappa shape index (κ1) is 12.9. The lowest BCUT2D eigenvalue weighted by molar-refractivity contribution is -0.385. The Morgan fingerprint density at radius 3 is 2.47 bits per heavy atom. The van der Waals surface area contributed by atoms with Crippen molar-refractivity contribution in [1.29, 1.82) is 0 Å². The van der Waals surface area contributed by atoms with Gasteiger partial charge in [-0.15, -0.1) is 0 Å². The van der Waals surface area contributed by atoms with E-state index in [-0.39, 0.29) is 5.69 Å². The molecule has 2 aromatic rings. The van der Waals surface area contributed by atoms with Gasteiger partial charge in [-0.05, 0) is 11.6 Å². The summed E-state index contributed by atoms with van der Waals surface area (Å²) in [5.41, 5.74) is 0.992. The number of ether oxygens (including phenoxy) is 2. The molecule has 0 radical (unpaired) electrons. The number of nitro groups is 1. The summed E-state index contributed by atoms with van der Waals surface area (Å²) in [7, 11) is 1.45. The third kappa shape index (κ3) is 3.22. The summed E-state index contributed by atoms with van der Waals surface area (Å²) in [6.45, 7) is 0.384. The molecule has 0 aliphatic rings. The van der Waals surface area contributed by atoms with Gasteiger partial charge in [0.25, 0.3) is 5.69 Å². The molecule has 0 spiro atoms. The zero-order valence-corrected chi connectivity index (χ0v) is 10.4. The second-order valence-electron chi connectivity index (χ2n) is 3.87. The maximum Gasteiger partial charge on any atom is 0.273 e. The Hall–Kier alpha value is -2.56. The smallest absolute Gasteiger partial charge is 0.273 e. The van der Waals surface area contributed by atoms with Crippen LogP contribution in [0.2, 0.25) is 0 Å². The summed E-state index contributed by atoms with van der Waals surface area (Å²) in [5.74, 6) is 0.835. The monoisotopic (exact) mass is 259 g/mol. The topological polar surface area (TPSA) is 61.6 Å². The van der Waals surface area contributed by atoms with Gasteiger partial charge in [0.1, 0.15) is 6.61 Å². The van der Waals surface area contributed by atoms with Crippen LogP contribution < -0.4 is 9.47 Å². The molecule has 0 bridgehead atoms. The first-order valence-corrected chi connectivity index (χ1v) is 5.70. The highest BCUT2D eigenvalue weighted by Crippen LogP contribution is 2.31. The highest BCUT2D eigenvalue weighted by Gasteiger charge is 2.12. The predicted molar refractivity (Wildman–Crippen MR) is 70.4 cm³/mol. The Balaban J connectivity index is 2.14. The SMILES string of the molecule is COc1cc([N+](=O)[O-])ccc1OCc1ccccc1. The average molecular weight is 259 g/mol. The zero-order valence-electron chi connectivity index (χ0n) is 10.4. The van der Waals surface area contributed by atoms with Gasteiger partial charge in [0.2, 0.25) is 0 Å². The fourth-order valence-corrected chi connectivity index (χ4v) is 1.62. The molecule has 0 atom stereocenters. The average Bonchev–Trinajstić information content (AvgIpc) is 2.45. The molecule has 0 aliphatic carbocycles. The van der Waals surface area contributed by atoms with Crippen LogP contribution in [0.1, 0.15) is 5.56 Å². The van der Waals surface area contributed by atoms with Gasteiger partial charge in [-0.1, -0.05) is 30.3 Å². The minimum atomic E-state index is -0.469. The van der Waals surface area contributed by atoms with Crippen LogP contribution >= 0.6 is 0 Å². The number of nitro benzene ring substituents is 1. The summed E-state index contributed by atoms with van der Waals surface area (Å²) < 4.78 is 10.7. The Bertz CT molecular complexity index is 569. The molecular weight excluding hydrogens is 246 g/mol. The third-order valence-electron chi connectivity index (χ3n) is 2.60. The van der Waals surface area contributed by atoms with Crippen LogP contribution in [-0.2, 0) is 6.61 Å². The van der Waals surface area contributed by atoms with Crippen molar-refractivity contribution >= 4 is 5.69 Å². The number of benzene rings is 2. The molecule has 0 saturated heterocycles. The van der Waals surface area contributed by atoms with Crippen molar-refractivity contribution in [2.24, 2.45) is 0 Å². The van der Waals surface area contributed by atoms with E-state index in [9.17, 15) is 10.1 Å². The maximum atomic E-state index is 10.7. The van der Waals surface area contributed by atoms with E-state index in [4.69, 9.17) is 9.47 Å². The number of nitrogens with zero attached hydrogens (tertiary/aromatic N) is 1. The van der Waals surface area contributed by atoms with Crippen LogP contribution in [0.3, 0.4) is 0 Å². The van der Waals surface area contributed by atoms with Gasteiger partial charge in [0, 0.05) is 6.07 Å². The molecule has 0 unspecified atom stereocenters. The number of non-ortho nitro benzene ring substituents is 1. The van der Waals surface area contributed by atoms with E-state index >= 15 is 0 Å². The lowest BCUT2D eigenvalue weighted by atomic mass is 10.2. The van der Waals surface area contributed by atoms with Crippen molar-refractivity contribution in [3.05, 3.63) is 64.2 Å². The van der Waals surface area contributed by atoms with Gasteiger partial charge in [0.05, 0.1) is 18.1 Å². The summed E-state index contributed by atoms with van der Waals surface area (Å²) >= 11 is 0. The quantitative estimate of drug-likeness (QED) is 0.611. The van der Waals surface area contributed by atoms with Crippen LogP contribution in [0.25, 0.3) is 0 Å². The highest BCUT2D eigenvalue weighted by molar-refractivity contribution is 5.48. The van der Waals surface area contributed by atoms with Gasteiger partial charge in [0.15, 0.2) is 11.5 Å². The van der Waals surface area contributed by atoms with Crippen molar-refractivity contribution in [2.45, 2.75) is 6.61 Å². The molecule has 0 aromatic heterocycles. The molecule has 0 fully saturated rings. The Labute approximate surface area is 110 Å². The standard InChI is InChI=1S/C14H13NO4/c1-18-14-9-12(15(16)17)7-8-13(14)19-10-11-5-3-2-4-6-11/h2-9H,10H2,1H3. The first-order valence-electron chi connectivity index (χ1n) is 5.70. The van der Waals surface area contributed by atoms with Crippen LogP contribution in [0, 0.1) is 10.1 Å². The van der Waals surface area contributed by atoms with Crippen molar-refractivity contribution < 1.29 is 14.4 Å². The number of hydrogen-bond acceptors (Lipinski definition) is 4. The molecule has 19 heavy (non-hydrogen) atoms. The van der Waals surface area contributed by atoms with E-state index < -0.39 is 4.92 Å².